The maximum absolute atomic E-state index is 2.24. The molecular weight excluding hydrogens is 340 g/mol. The Balaban J connectivity index is 1.65. The molecule has 0 amide bonds. The number of para-hydroxylation sites is 2. The molecule has 0 aliphatic rings. The lowest BCUT2D eigenvalue weighted by Gasteiger charge is -2.09. The molecule has 2 aromatic heterocycles. The minimum absolute atomic E-state index is 1.18. The standard InChI is InChI=1S/C26H18N2/c1-3-7-23(8-4-1)27-15-19-11-13-21-17-28(24-9-5-2-6-10-24)18-22-14-12-20(16-27)25(19)26(21)22/h1-18H/q+2. The fraction of sp³-hybridized carbons (Fsp3) is 0. The average Bonchev–Trinajstić information content (AvgIpc) is 2.78. The van der Waals surface area contributed by atoms with Gasteiger partial charge in [-0.25, -0.2) is 0 Å². The van der Waals surface area contributed by atoms with Crippen molar-refractivity contribution >= 4 is 32.3 Å². The smallest absolute Gasteiger partial charge is 0.166 e. The van der Waals surface area contributed by atoms with Gasteiger partial charge in [0.2, 0.25) is 11.4 Å². The number of hydrogen-bond donors (Lipinski definition) is 0. The average molecular weight is 358 g/mol. The van der Waals surface area contributed by atoms with Crippen molar-refractivity contribution in [1.82, 2.24) is 0 Å². The zero-order chi connectivity index (χ0) is 18.5. The number of nitrogens with zero attached hydrogens (tertiary/aromatic N) is 2. The molecule has 2 nitrogen and oxygen atoms in total. The van der Waals surface area contributed by atoms with Crippen molar-refractivity contribution in [2.45, 2.75) is 0 Å². The summed E-state index contributed by atoms with van der Waals surface area (Å²) < 4.78 is 4.43. The topological polar surface area (TPSA) is 7.76 Å². The van der Waals surface area contributed by atoms with Crippen LogP contribution in [0.1, 0.15) is 0 Å². The van der Waals surface area contributed by atoms with E-state index in [1.807, 2.05) is 0 Å². The molecule has 0 atom stereocenters. The Hall–Kier alpha value is -3.78. The highest BCUT2D eigenvalue weighted by molar-refractivity contribution is 6.21. The van der Waals surface area contributed by atoms with E-state index in [0.29, 0.717) is 0 Å². The molecule has 28 heavy (non-hydrogen) atoms. The maximum atomic E-state index is 2.24. The third kappa shape index (κ3) is 2.28. The van der Waals surface area contributed by atoms with Gasteiger partial charge in [-0.15, -0.1) is 0 Å². The monoisotopic (exact) mass is 358 g/mol. The van der Waals surface area contributed by atoms with Crippen molar-refractivity contribution in [3.63, 3.8) is 0 Å². The van der Waals surface area contributed by atoms with Crippen molar-refractivity contribution in [3.8, 4) is 11.4 Å². The summed E-state index contributed by atoms with van der Waals surface area (Å²) in [6, 6.07) is 29.9. The number of aromatic nitrogens is 2. The zero-order valence-electron chi connectivity index (χ0n) is 15.3. The summed E-state index contributed by atoms with van der Waals surface area (Å²) in [5, 5.41) is 7.72. The molecule has 2 heterocycles. The lowest BCUT2D eigenvalue weighted by atomic mass is 9.97. The lowest BCUT2D eigenvalue weighted by molar-refractivity contribution is -0.593. The second kappa shape index (κ2) is 5.86. The van der Waals surface area contributed by atoms with Crippen LogP contribution >= 0.6 is 0 Å². The van der Waals surface area contributed by atoms with E-state index >= 15 is 0 Å². The molecule has 0 radical (unpaired) electrons. The fourth-order valence-electron chi connectivity index (χ4n) is 4.21. The highest BCUT2D eigenvalue weighted by Gasteiger charge is 2.17. The molecule has 0 aliphatic heterocycles. The Morgan fingerprint density at radius 1 is 0.357 bits per heavy atom. The Kier molecular flexibility index (Phi) is 3.20. The van der Waals surface area contributed by atoms with Gasteiger partial charge < -0.3 is 0 Å². The summed E-state index contributed by atoms with van der Waals surface area (Å²) in [6.07, 6.45) is 8.92. The zero-order valence-corrected chi connectivity index (χ0v) is 15.3. The number of rotatable bonds is 2. The Morgan fingerprint density at radius 3 is 1.00 bits per heavy atom. The van der Waals surface area contributed by atoms with E-state index < -0.39 is 0 Å². The van der Waals surface area contributed by atoms with E-state index in [1.165, 1.54) is 43.7 Å². The van der Waals surface area contributed by atoms with Crippen LogP contribution in [0.3, 0.4) is 0 Å². The molecule has 4 aromatic carbocycles. The summed E-state index contributed by atoms with van der Waals surface area (Å²) in [6.45, 7) is 0. The summed E-state index contributed by atoms with van der Waals surface area (Å²) in [5.41, 5.74) is 2.35. The van der Waals surface area contributed by atoms with E-state index in [4.69, 9.17) is 0 Å². The van der Waals surface area contributed by atoms with Crippen molar-refractivity contribution < 1.29 is 9.13 Å². The van der Waals surface area contributed by atoms with Crippen molar-refractivity contribution in [2.24, 2.45) is 0 Å². The minimum Gasteiger partial charge on any atom is -0.166 e. The number of benzene rings is 4. The number of hydrogen-bond acceptors (Lipinski definition) is 0. The SMILES string of the molecule is c1ccc(-[n+]2cc3ccc4c[n+](-c5ccccc5)cc5ccc(c2)c3c45)cc1. The fourth-order valence-corrected chi connectivity index (χ4v) is 4.21. The van der Waals surface area contributed by atoms with Gasteiger partial charge in [-0.1, -0.05) is 36.4 Å². The molecular formula is C26H18N2+2. The van der Waals surface area contributed by atoms with Gasteiger partial charge in [-0.3, -0.25) is 0 Å². The van der Waals surface area contributed by atoms with Crippen molar-refractivity contribution in [2.75, 3.05) is 0 Å². The summed E-state index contributed by atoms with van der Waals surface area (Å²) in [5.74, 6) is 0. The third-order valence-electron chi connectivity index (χ3n) is 5.51. The number of pyridine rings is 2. The van der Waals surface area contributed by atoms with E-state index in [0.717, 1.165) is 0 Å². The van der Waals surface area contributed by atoms with Crippen molar-refractivity contribution in [1.29, 1.82) is 0 Å². The largest absolute Gasteiger partial charge is 0.210 e. The molecule has 0 fully saturated rings. The summed E-state index contributed by atoms with van der Waals surface area (Å²) in [4.78, 5) is 0. The molecule has 0 saturated heterocycles. The van der Waals surface area contributed by atoms with E-state index in [-0.39, 0.29) is 0 Å². The van der Waals surface area contributed by atoms with Gasteiger partial charge >= 0.3 is 0 Å². The summed E-state index contributed by atoms with van der Waals surface area (Å²) in [7, 11) is 0. The summed E-state index contributed by atoms with van der Waals surface area (Å²) >= 11 is 0. The first-order valence-corrected chi connectivity index (χ1v) is 9.53. The quantitative estimate of drug-likeness (QED) is 0.299. The Bertz CT molecular complexity index is 1260. The lowest BCUT2D eigenvalue weighted by Crippen LogP contribution is -2.30. The molecule has 6 aromatic rings. The van der Waals surface area contributed by atoms with E-state index in [9.17, 15) is 0 Å². The van der Waals surface area contributed by atoms with Crippen LogP contribution in [0.5, 0.6) is 0 Å². The predicted octanol–water partition coefficient (Wildman–Crippen LogP) is 5.14. The van der Waals surface area contributed by atoms with E-state index in [1.54, 1.807) is 0 Å². The molecule has 0 N–H and O–H groups in total. The second-order valence-corrected chi connectivity index (χ2v) is 7.24. The minimum atomic E-state index is 1.18. The first-order chi connectivity index (χ1) is 13.9. The highest BCUT2D eigenvalue weighted by atomic mass is 14.9. The first kappa shape index (κ1) is 15.3. The van der Waals surface area contributed by atoms with Crippen LogP contribution in [0.25, 0.3) is 43.7 Å². The van der Waals surface area contributed by atoms with E-state index in [2.05, 4.69) is 119 Å². The second-order valence-electron chi connectivity index (χ2n) is 7.24. The molecule has 2 heteroatoms. The van der Waals surface area contributed by atoms with Crippen LogP contribution in [-0.4, -0.2) is 0 Å². The Labute approximate surface area is 162 Å². The molecule has 0 saturated carbocycles. The molecule has 0 spiro atoms. The van der Waals surface area contributed by atoms with Crippen LogP contribution in [-0.2, 0) is 0 Å². The van der Waals surface area contributed by atoms with Crippen LogP contribution < -0.4 is 9.13 Å². The maximum Gasteiger partial charge on any atom is 0.210 e. The van der Waals surface area contributed by atoms with Crippen molar-refractivity contribution in [3.05, 3.63) is 110 Å². The highest BCUT2D eigenvalue weighted by Crippen LogP contribution is 2.32. The van der Waals surface area contributed by atoms with Crippen LogP contribution in [0.2, 0.25) is 0 Å². The van der Waals surface area contributed by atoms with Gasteiger partial charge in [0.05, 0.1) is 0 Å². The van der Waals surface area contributed by atoms with Crippen LogP contribution in [0.15, 0.2) is 110 Å². The first-order valence-electron chi connectivity index (χ1n) is 9.53. The molecule has 0 bridgehead atoms. The molecule has 0 aliphatic carbocycles. The van der Waals surface area contributed by atoms with Gasteiger partial charge in [0.25, 0.3) is 0 Å². The molecule has 130 valence electrons. The predicted molar refractivity (Wildman–Crippen MR) is 113 cm³/mol. The third-order valence-corrected chi connectivity index (χ3v) is 5.51. The van der Waals surface area contributed by atoms with Gasteiger partial charge in [-0.2, -0.15) is 9.13 Å². The van der Waals surface area contributed by atoms with Crippen LogP contribution in [0.4, 0.5) is 0 Å². The van der Waals surface area contributed by atoms with Gasteiger partial charge in [0.15, 0.2) is 24.8 Å². The molecule has 6 rings (SSSR count). The van der Waals surface area contributed by atoms with Gasteiger partial charge in [0.1, 0.15) is 0 Å². The van der Waals surface area contributed by atoms with Crippen LogP contribution in [0, 0.1) is 0 Å². The van der Waals surface area contributed by atoms with Gasteiger partial charge in [-0.05, 0) is 24.3 Å². The normalized spacial score (nSPS) is 11.6. The molecule has 0 unspecified atom stereocenters. The van der Waals surface area contributed by atoms with Gasteiger partial charge in [0, 0.05) is 56.6 Å². The Morgan fingerprint density at radius 2 is 0.679 bits per heavy atom.